The minimum Gasteiger partial charge on any atom is -0.508 e. The van der Waals surface area contributed by atoms with Crippen LogP contribution in [0.15, 0.2) is 24.3 Å². The summed E-state index contributed by atoms with van der Waals surface area (Å²) >= 11 is 0. The fourth-order valence-electron chi connectivity index (χ4n) is 3.01. The summed E-state index contributed by atoms with van der Waals surface area (Å²) in [6.07, 6.45) is 0.0482. The lowest BCUT2D eigenvalue weighted by atomic mass is 9.97. The highest BCUT2D eigenvalue weighted by Crippen LogP contribution is 2.11. The van der Waals surface area contributed by atoms with Crippen LogP contribution in [0.25, 0.3) is 0 Å². The molecule has 0 spiro atoms. The van der Waals surface area contributed by atoms with Gasteiger partial charge in [0, 0.05) is 0 Å². The minimum atomic E-state index is -1.54. The van der Waals surface area contributed by atoms with E-state index in [0.717, 1.165) is 5.56 Å². The number of amides is 4. The number of carboxylic acid groups (broad SMARTS) is 1. The van der Waals surface area contributed by atoms with Crippen LogP contribution in [-0.2, 0) is 30.4 Å². The average molecular weight is 480 g/mol. The summed E-state index contributed by atoms with van der Waals surface area (Å²) in [6, 6.07) is 1.52. The zero-order valence-electron chi connectivity index (χ0n) is 19.4. The number of rotatable bonds is 13. The number of phenols is 1. The molecule has 0 aliphatic carbocycles. The normalized spacial score (nSPS) is 15.2. The number of hydrogen-bond acceptors (Lipinski definition) is 7. The van der Waals surface area contributed by atoms with Crippen LogP contribution in [0.3, 0.4) is 0 Å². The van der Waals surface area contributed by atoms with Gasteiger partial charge in [-0.3, -0.25) is 19.2 Å². The van der Waals surface area contributed by atoms with Crippen LogP contribution >= 0.6 is 0 Å². The fraction of sp³-hybridized carbons (Fsp3) is 0.500. The molecular formula is C22H33N5O7. The van der Waals surface area contributed by atoms with Crippen LogP contribution in [0.1, 0.15) is 39.2 Å². The van der Waals surface area contributed by atoms with Crippen molar-refractivity contribution in [3.8, 4) is 5.75 Å². The van der Waals surface area contributed by atoms with Gasteiger partial charge < -0.3 is 37.6 Å². The Labute approximate surface area is 197 Å². The number of carbonyl (C=O) groups is 5. The molecule has 34 heavy (non-hydrogen) atoms. The third kappa shape index (κ3) is 9.06. The molecule has 1 aromatic carbocycles. The molecule has 0 saturated carbocycles. The highest BCUT2D eigenvalue weighted by molar-refractivity contribution is 5.94. The van der Waals surface area contributed by atoms with Crippen molar-refractivity contribution < 1.29 is 34.2 Å². The van der Waals surface area contributed by atoms with E-state index in [0.29, 0.717) is 6.42 Å². The van der Waals surface area contributed by atoms with E-state index in [1.807, 2.05) is 0 Å². The number of carbonyl (C=O) groups excluding carboxylic acids is 4. The molecule has 188 valence electrons. The maximum atomic E-state index is 12.7. The van der Waals surface area contributed by atoms with Crippen LogP contribution in [0.2, 0.25) is 0 Å². The second-order valence-corrected chi connectivity index (χ2v) is 8.15. The number of benzene rings is 1. The summed E-state index contributed by atoms with van der Waals surface area (Å²) in [5, 5.41) is 25.8. The SMILES string of the molecule is CCC(C)C(NC(=O)C(C)NC(=O)C(N)Cc1ccc(O)cc1)C(=O)NC(CC(N)=O)C(=O)O. The van der Waals surface area contributed by atoms with Crippen molar-refractivity contribution in [2.45, 2.75) is 64.2 Å². The van der Waals surface area contributed by atoms with Crippen molar-refractivity contribution in [2.75, 3.05) is 0 Å². The first-order chi connectivity index (χ1) is 15.8. The first-order valence-corrected chi connectivity index (χ1v) is 10.8. The van der Waals surface area contributed by atoms with Gasteiger partial charge in [-0.25, -0.2) is 4.79 Å². The standard InChI is InChI=1S/C22H33N5O7/c1-4-11(2)18(21(32)26-16(22(33)34)10-17(24)29)27-19(30)12(3)25-20(31)15(23)9-13-5-7-14(28)8-6-13/h5-8,11-12,15-16,18,28H,4,9-10,23H2,1-3H3,(H2,24,29)(H,25,31)(H,26,32)(H,27,30)(H,33,34). The zero-order chi connectivity index (χ0) is 26.0. The number of nitrogens with two attached hydrogens (primary N) is 2. The van der Waals surface area contributed by atoms with Gasteiger partial charge in [0.05, 0.1) is 12.5 Å². The van der Waals surface area contributed by atoms with Gasteiger partial charge in [0.1, 0.15) is 23.9 Å². The highest BCUT2D eigenvalue weighted by Gasteiger charge is 2.32. The largest absolute Gasteiger partial charge is 0.508 e. The van der Waals surface area contributed by atoms with Crippen LogP contribution in [0.4, 0.5) is 0 Å². The Morgan fingerprint density at radius 2 is 1.53 bits per heavy atom. The van der Waals surface area contributed by atoms with Gasteiger partial charge in [-0.1, -0.05) is 32.4 Å². The van der Waals surface area contributed by atoms with Crippen molar-refractivity contribution >= 4 is 29.6 Å². The molecule has 5 atom stereocenters. The van der Waals surface area contributed by atoms with Gasteiger partial charge in [0.15, 0.2) is 0 Å². The molecule has 12 nitrogen and oxygen atoms in total. The first kappa shape index (κ1) is 28.4. The van der Waals surface area contributed by atoms with Crippen LogP contribution in [0, 0.1) is 5.92 Å². The Balaban J connectivity index is 2.78. The Morgan fingerprint density at radius 3 is 2.03 bits per heavy atom. The van der Waals surface area contributed by atoms with Gasteiger partial charge >= 0.3 is 5.97 Å². The first-order valence-electron chi connectivity index (χ1n) is 10.8. The highest BCUT2D eigenvalue weighted by atomic mass is 16.4. The van der Waals surface area contributed by atoms with Crippen LogP contribution in [-0.4, -0.2) is 64.0 Å². The third-order valence-corrected chi connectivity index (χ3v) is 5.29. The summed E-state index contributed by atoms with van der Waals surface area (Å²) in [4.78, 5) is 60.2. The van der Waals surface area contributed by atoms with Crippen molar-refractivity contribution in [3.63, 3.8) is 0 Å². The number of aliphatic carboxylic acids is 1. The van der Waals surface area contributed by atoms with Gasteiger partial charge in [-0.15, -0.1) is 0 Å². The Morgan fingerprint density at radius 1 is 0.941 bits per heavy atom. The molecule has 0 radical (unpaired) electrons. The Bertz CT molecular complexity index is 890. The quantitative estimate of drug-likeness (QED) is 0.181. The van der Waals surface area contributed by atoms with E-state index in [1.165, 1.54) is 19.1 Å². The summed E-state index contributed by atoms with van der Waals surface area (Å²) in [5.74, 6) is -4.71. The van der Waals surface area contributed by atoms with E-state index in [4.69, 9.17) is 11.5 Å². The Hall–Kier alpha value is -3.67. The van der Waals surface area contributed by atoms with Gasteiger partial charge in [0.25, 0.3) is 0 Å². The second-order valence-electron chi connectivity index (χ2n) is 8.15. The van der Waals surface area contributed by atoms with E-state index < -0.39 is 60.2 Å². The van der Waals surface area contributed by atoms with E-state index in [1.54, 1.807) is 26.0 Å². The van der Waals surface area contributed by atoms with Gasteiger partial charge in [-0.2, -0.15) is 0 Å². The van der Waals surface area contributed by atoms with Crippen molar-refractivity contribution in [1.82, 2.24) is 16.0 Å². The lowest BCUT2D eigenvalue weighted by Gasteiger charge is -2.27. The lowest BCUT2D eigenvalue weighted by molar-refractivity contribution is -0.144. The van der Waals surface area contributed by atoms with Crippen molar-refractivity contribution in [2.24, 2.45) is 17.4 Å². The number of primary amides is 1. The predicted molar refractivity (Wildman–Crippen MR) is 122 cm³/mol. The maximum Gasteiger partial charge on any atom is 0.326 e. The van der Waals surface area contributed by atoms with E-state index in [9.17, 15) is 34.2 Å². The number of carboxylic acids is 1. The van der Waals surface area contributed by atoms with Crippen molar-refractivity contribution in [1.29, 1.82) is 0 Å². The summed E-state index contributed by atoms with van der Waals surface area (Å²) in [5.41, 5.74) is 11.7. The van der Waals surface area contributed by atoms with Gasteiger partial charge in [-0.05, 0) is 37.0 Å². The smallest absolute Gasteiger partial charge is 0.326 e. The molecule has 4 amide bonds. The molecule has 12 heteroatoms. The maximum absolute atomic E-state index is 12.7. The average Bonchev–Trinajstić information content (AvgIpc) is 2.77. The second kappa shape index (κ2) is 13.1. The number of phenolic OH excluding ortho intramolecular Hbond substituents is 1. The number of hydrogen-bond donors (Lipinski definition) is 7. The summed E-state index contributed by atoms with van der Waals surface area (Å²) in [7, 11) is 0. The molecule has 0 saturated heterocycles. The molecule has 0 aliphatic heterocycles. The third-order valence-electron chi connectivity index (χ3n) is 5.29. The fourth-order valence-corrected chi connectivity index (χ4v) is 3.01. The number of nitrogens with one attached hydrogen (secondary N) is 3. The topological polar surface area (TPSA) is 214 Å². The molecule has 1 rings (SSSR count). The molecule has 0 aliphatic rings. The summed E-state index contributed by atoms with van der Waals surface area (Å²) < 4.78 is 0. The molecule has 0 bridgehead atoms. The van der Waals surface area contributed by atoms with Crippen molar-refractivity contribution in [3.05, 3.63) is 29.8 Å². The molecule has 1 aromatic rings. The molecule has 5 unspecified atom stereocenters. The molecule has 0 heterocycles. The van der Waals surface area contributed by atoms with E-state index >= 15 is 0 Å². The minimum absolute atomic E-state index is 0.0799. The predicted octanol–water partition coefficient (Wildman–Crippen LogP) is -1.26. The summed E-state index contributed by atoms with van der Waals surface area (Å²) in [6.45, 7) is 4.88. The van der Waals surface area contributed by atoms with Crippen LogP contribution in [0.5, 0.6) is 5.75 Å². The monoisotopic (exact) mass is 479 g/mol. The molecule has 0 fully saturated rings. The molecular weight excluding hydrogens is 446 g/mol. The molecule has 0 aromatic heterocycles. The van der Waals surface area contributed by atoms with Crippen LogP contribution < -0.4 is 27.4 Å². The van der Waals surface area contributed by atoms with Gasteiger partial charge in [0.2, 0.25) is 23.6 Å². The number of aromatic hydroxyl groups is 1. The van der Waals surface area contributed by atoms with E-state index in [2.05, 4.69) is 16.0 Å². The molecule has 9 N–H and O–H groups in total. The zero-order valence-corrected chi connectivity index (χ0v) is 19.4. The lowest BCUT2D eigenvalue weighted by Crippen LogP contribution is -2.58. The van der Waals surface area contributed by atoms with E-state index in [-0.39, 0.29) is 18.1 Å². The Kier molecular flexibility index (Phi) is 11.0.